The van der Waals surface area contributed by atoms with Gasteiger partial charge < -0.3 is 0 Å². The first-order valence-electron chi connectivity index (χ1n) is 47.2. The molecule has 4 nitrogen and oxygen atoms in total. The minimum Gasteiger partial charge on any atom is -0.261 e. The molecule has 0 bridgehead atoms. The lowest BCUT2D eigenvalue weighted by molar-refractivity contribution is 0.605. The molecule has 0 fully saturated rings. The number of hydrogen-bond acceptors (Lipinski definition) is 4. The molecule has 0 aliphatic carbocycles. The van der Waals surface area contributed by atoms with E-state index in [1.807, 2.05) is 97.6 Å². The molecule has 12 rings (SSSR count). The summed E-state index contributed by atoms with van der Waals surface area (Å²) in [6, 6.07) is 72.3. The van der Waals surface area contributed by atoms with Crippen LogP contribution < -0.4 is 0 Å². The Labute approximate surface area is 732 Å². The van der Waals surface area contributed by atoms with E-state index in [4.69, 9.17) is 0 Å². The molecule has 0 unspecified atom stereocenters. The molecule has 0 aliphatic rings. The van der Waals surface area contributed by atoms with Gasteiger partial charge in [-0.15, -0.1) is 0 Å². The number of halogens is 4. The highest BCUT2D eigenvalue weighted by Gasteiger charge is 2.15. The van der Waals surface area contributed by atoms with Crippen LogP contribution in [-0.4, -0.2) is 19.9 Å². The van der Waals surface area contributed by atoms with Crippen LogP contribution in [0.15, 0.2) is 243 Å². The highest BCUT2D eigenvalue weighted by molar-refractivity contribution is 5.75. The van der Waals surface area contributed by atoms with Crippen molar-refractivity contribution in [3.05, 3.63) is 311 Å². The van der Waals surface area contributed by atoms with Gasteiger partial charge in [-0.1, -0.05) is 367 Å². The van der Waals surface area contributed by atoms with Gasteiger partial charge in [0, 0.05) is 92.1 Å². The van der Waals surface area contributed by atoms with E-state index >= 15 is 0 Å². The van der Waals surface area contributed by atoms with Gasteiger partial charge in [-0.05, 0) is 218 Å². The number of pyridine rings is 4. The summed E-state index contributed by atoms with van der Waals surface area (Å²) in [5.74, 6) is -0.533. The van der Waals surface area contributed by atoms with Crippen molar-refractivity contribution < 1.29 is 17.6 Å². The lowest BCUT2D eigenvalue weighted by atomic mass is 9.98. The van der Waals surface area contributed by atoms with E-state index in [2.05, 4.69) is 197 Å². The Morgan fingerprint density at radius 3 is 0.525 bits per heavy atom. The van der Waals surface area contributed by atoms with E-state index in [9.17, 15) is 17.6 Å². The van der Waals surface area contributed by atoms with Crippen LogP contribution in [0.4, 0.5) is 17.6 Å². The summed E-state index contributed by atoms with van der Waals surface area (Å²) in [6.07, 6.45) is 52.8. The minimum absolute atomic E-state index is 0.132. The van der Waals surface area contributed by atoms with Crippen molar-refractivity contribution in [1.29, 1.82) is 0 Å². The van der Waals surface area contributed by atoms with Gasteiger partial charge in [0.15, 0.2) is 0 Å². The fraction of sp³-hybridized carbons (Fsp3) is 0.404. The molecule has 122 heavy (non-hydrogen) atoms. The third-order valence-corrected chi connectivity index (χ3v) is 23.5. The molecule has 0 spiro atoms. The van der Waals surface area contributed by atoms with Gasteiger partial charge in [0.25, 0.3) is 0 Å². The molecule has 0 radical (unpaired) electrons. The molecule has 4 aromatic heterocycles. The Morgan fingerprint density at radius 1 is 0.164 bits per heavy atom. The van der Waals surface area contributed by atoms with Crippen LogP contribution in [0, 0.1) is 23.3 Å². The second-order valence-electron chi connectivity index (χ2n) is 33.5. The average molecular weight is 1640 g/mol. The first kappa shape index (κ1) is 95.9. The molecule has 644 valence electrons. The first-order chi connectivity index (χ1) is 59.8. The predicted octanol–water partition coefficient (Wildman–Crippen LogP) is 34.4. The molecule has 8 aromatic carbocycles. The van der Waals surface area contributed by atoms with Crippen molar-refractivity contribution in [3.63, 3.8) is 0 Å². The Bertz CT molecular complexity index is 4860. The zero-order valence-electron chi connectivity index (χ0n) is 75.3. The molecule has 0 saturated carbocycles. The van der Waals surface area contributed by atoms with Crippen LogP contribution in [0.3, 0.4) is 0 Å². The van der Waals surface area contributed by atoms with Crippen molar-refractivity contribution in [2.45, 2.75) is 299 Å². The lowest BCUT2D eigenvalue weighted by Crippen LogP contribution is -1.92. The fourth-order valence-corrected chi connectivity index (χ4v) is 15.7. The Balaban J connectivity index is 0.000000185. The molecule has 0 atom stereocenters. The summed E-state index contributed by atoms with van der Waals surface area (Å²) in [5.41, 5.74) is 24.2. The largest absolute Gasteiger partial charge is 0.261 e. The Kier molecular flexibility index (Phi) is 43.4. The molecule has 12 aromatic rings. The molecule has 0 aliphatic heterocycles. The maximum Gasteiger partial charge on any atom is 0.131 e. The van der Waals surface area contributed by atoms with E-state index in [0.717, 1.165) is 183 Å². The van der Waals surface area contributed by atoms with Crippen molar-refractivity contribution in [2.24, 2.45) is 0 Å². The van der Waals surface area contributed by atoms with E-state index in [0.29, 0.717) is 22.3 Å². The number of nitrogens with zero attached hydrogens (tertiary/aromatic N) is 4. The van der Waals surface area contributed by atoms with Gasteiger partial charge >= 0.3 is 0 Å². The summed E-state index contributed by atoms with van der Waals surface area (Å²) < 4.78 is 58.6. The van der Waals surface area contributed by atoms with E-state index in [-0.39, 0.29) is 23.3 Å². The SMILES string of the molecule is CCCCCCCCc1ccc(-c2ccc(-c3ccc(CCCCC)cc3F)cc2)cn1.CCCCCCCc1ccc(-c2ccc(-c3ccc(CCCCC)cc3F)cc2)cn1.CCCCCCc1ccc(-c2ccc(-c3ccc(CCCCC)cc3F)cc2)cn1.CCCCCc1ccc(-c2ccc(-c3ccc(CCCCC)nc3)cc2)c(F)c1. The van der Waals surface area contributed by atoms with Gasteiger partial charge in [0.1, 0.15) is 23.3 Å². The van der Waals surface area contributed by atoms with Gasteiger partial charge in [0.2, 0.25) is 0 Å². The monoisotopic (exact) mass is 1640 g/mol. The number of hydrogen-bond donors (Lipinski definition) is 0. The number of rotatable bonds is 46. The third kappa shape index (κ3) is 32.7. The molecular weight excluding hydrogens is 1500 g/mol. The van der Waals surface area contributed by atoms with Crippen molar-refractivity contribution >= 4 is 0 Å². The molecular formula is C114H140F4N4. The fourth-order valence-electron chi connectivity index (χ4n) is 15.7. The summed E-state index contributed by atoms with van der Waals surface area (Å²) in [4.78, 5) is 18.5. The summed E-state index contributed by atoms with van der Waals surface area (Å²) >= 11 is 0. The van der Waals surface area contributed by atoms with Crippen LogP contribution in [-0.2, 0) is 51.4 Å². The normalized spacial score (nSPS) is 11.0. The summed E-state index contributed by atoms with van der Waals surface area (Å²) in [7, 11) is 0. The van der Waals surface area contributed by atoms with E-state index < -0.39 is 0 Å². The third-order valence-electron chi connectivity index (χ3n) is 23.5. The topological polar surface area (TPSA) is 51.6 Å². The maximum absolute atomic E-state index is 14.7. The highest BCUT2D eigenvalue weighted by Crippen LogP contribution is 2.34. The van der Waals surface area contributed by atoms with Crippen LogP contribution >= 0.6 is 0 Å². The molecule has 4 heterocycles. The molecule has 8 heteroatoms. The first-order valence-corrected chi connectivity index (χ1v) is 47.2. The van der Waals surface area contributed by atoms with Gasteiger partial charge in [-0.25, -0.2) is 17.6 Å². The zero-order valence-corrected chi connectivity index (χ0v) is 75.3. The Hall–Kier alpha value is -9.92. The lowest BCUT2D eigenvalue weighted by Gasteiger charge is -2.09. The number of unbranched alkanes of at least 4 members (excludes halogenated alkanes) is 22. The van der Waals surface area contributed by atoms with Crippen LogP contribution in [0.1, 0.15) is 293 Å². The molecule has 0 saturated heterocycles. The van der Waals surface area contributed by atoms with E-state index in [1.54, 1.807) is 24.3 Å². The predicted molar refractivity (Wildman–Crippen MR) is 514 cm³/mol. The highest BCUT2D eigenvalue weighted by atomic mass is 19.1. The van der Waals surface area contributed by atoms with Crippen molar-refractivity contribution in [2.75, 3.05) is 0 Å². The van der Waals surface area contributed by atoms with Crippen molar-refractivity contribution in [1.82, 2.24) is 19.9 Å². The Morgan fingerprint density at radius 2 is 0.328 bits per heavy atom. The van der Waals surface area contributed by atoms with Gasteiger partial charge in [-0.3, -0.25) is 19.9 Å². The standard InChI is InChI=1S/C30H38FN.C29H36FN.C28H34FN.C27H32FN/c1-3-5-7-8-9-11-13-28-20-19-27(23-32-28)25-15-17-26(18-16-25)29-21-14-24(22-30(29)31)12-10-6-4-2;1-3-5-7-8-10-12-27-19-18-26(22-31-27)24-14-16-25(17-15-24)28-20-13-23(21-29(28)30)11-9-6-4-2;1-3-5-7-9-11-26-18-17-25(21-30-26)23-13-15-24(16-14-23)27-19-12-22(20-28(27)29)10-8-6-4-2;1-3-5-7-9-21-11-18-26(27(28)19-21)23-14-12-22(13-15-23)24-16-17-25(29-20-24)10-8-6-4-2/h14-23H,3-13H2,1-2H3;13-22H,3-12H2,1-2H3;12-21H,3-11H2,1-2H3;11-20H,3-10H2,1-2H3. The molecule has 0 N–H and O–H groups in total. The van der Waals surface area contributed by atoms with Crippen LogP contribution in [0.25, 0.3) is 89.0 Å². The summed E-state index contributed by atoms with van der Waals surface area (Å²) in [5, 5.41) is 0. The van der Waals surface area contributed by atoms with Crippen LogP contribution in [0.2, 0.25) is 0 Å². The minimum atomic E-state index is -0.134. The second kappa shape index (κ2) is 55.3. The van der Waals surface area contributed by atoms with Gasteiger partial charge in [-0.2, -0.15) is 0 Å². The number of aryl methyl sites for hydroxylation is 8. The quantitative estimate of drug-likeness (QED) is 0.0282. The number of aromatic nitrogens is 4. The number of benzene rings is 8. The zero-order chi connectivity index (χ0) is 86.1. The smallest absolute Gasteiger partial charge is 0.131 e. The molecule has 0 amide bonds. The second-order valence-corrected chi connectivity index (χ2v) is 33.5. The average Bonchev–Trinajstić information content (AvgIpc) is 0.833. The van der Waals surface area contributed by atoms with E-state index in [1.165, 1.54) is 173 Å². The van der Waals surface area contributed by atoms with Crippen molar-refractivity contribution in [3.8, 4) is 89.0 Å². The maximum atomic E-state index is 14.7. The van der Waals surface area contributed by atoms with Gasteiger partial charge in [0.05, 0.1) is 0 Å². The summed E-state index contributed by atoms with van der Waals surface area (Å²) in [6.45, 7) is 17.7. The van der Waals surface area contributed by atoms with Crippen LogP contribution in [0.5, 0.6) is 0 Å².